The lowest BCUT2D eigenvalue weighted by Crippen LogP contribution is -2.30. The Balaban J connectivity index is 4.46. The third kappa shape index (κ3) is 55.5. The zero-order chi connectivity index (χ0) is 50.7. The van der Waals surface area contributed by atoms with Crippen molar-refractivity contribution in [2.75, 3.05) is 13.2 Å². The molecule has 0 aliphatic heterocycles. The zero-order valence-corrected chi connectivity index (χ0v) is 46.0. The Morgan fingerprint density at radius 2 is 0.600 bits per heavy atom. The molecule has 1 atom stereocenters. The number of hydrogen-bond donors (Lipinski definition) is 0. The summed E-state index contributed by atoms with van der Waals surface area (Å²) in [6, 6.07) is 0. The first-order valence-electron chi connectivity index (χ1n) is 29.6. The average molecular weight is 976 g/mol. The maximum atomic E-state index is 12.9. The van der Waals surface area contributed by atoms with Gasteiger partial charge in [0, 0.05) is 19.3 Å². The molecule has 0 fully saturated rings. The molecule has 6 heteroatoms. The average Bonchev–Trinajstić information content (AvgIpc) is 3.36. The van der Waals surface area contributed by atoms with Gasteiger partial charge in [0.1, 0.15) is 13.2 Å². The summed E-state index contributed by atoms with van der Waals surface area (Å²) < 4.78 is 16.9. The summed E-state index contributed by atoms with van der Waals surface area (Å²) in [5.41, 5.74) is 0. The molecule has 0 aromatic heterocycles. The van der Waals surface area contributed by atoms with E-state index in [1.165, 1.54) is 122 Å². The molecule has 6 nitrogen and oxygen atoms in total. The minimum Gasteiger partial charge on any atom is -0.462 e. The van der Waals surface area contributed by atoms with Crippen LogP contribution in [0.3, 0.4) is 0 Å². The highest BCUT2D eigenvalue weighted by Crippen LogP contribution is 2.14. The Morgan fingerprint density at radius 1 is 0.314 bits per heavy atom. The van der Waals surface area contributed by atoms with E-state index in [4.69, 9.17) is 14.2 Å². The van der Waals surface area contributed by atoms with Crippen molar-refractivity contribution < 1.29 is 28.6 Å². The fourth-order valence-corrected chi connectivity index (χ4v) is 8.20. The van der Waals surface area contributed by atoms with Crippen molar-refractivity contribution in [2.24, 2.45) is 0 Å². The molecule has 0 spiro atoms. The number of rotatable bonds is 53. The van der Waals surface area contributed by atoms with Crippen LogP contribution in [0.2, 0.25) is 0 Å². The van der Waals surface area contributed by atoms with Crippen molar-refractivity contribution in [3.8, 4) is 0 Å². The molecule has 0 rings (SSSR count). The smallest absolute Gasteiger partial charge is 0.306 e. The number of allylic oxidation sites excluding steroid dienone is 14. The molecule has 0 aliphatic carbocycles. The highest BCUT2D eigenvalue weighted by atomic mass is 16.6. The van der Waals surface area contributed by atoms with E-state index in [9.17, 15) is 14.4 Å². The largest absolute Gasteiger partial charge is 0.462 e. The van der Waals surface area contributed by atoms with Gasteiger partial charge in [0.15, 0.2) is 6.10 Å². The summed E-state index contributed by atoms with van der Waals surface area (Å²) in [5, 5.41) is 0. The predicted octanol–water partition coefficient (Wildman–Crippen LogP) is 19.9. The van der Waals surface area contributed by atoms with E-state index in [0.29, 0.717) is 19.3 Å². The molecule has 0 saturated heterocycles. The van der Waals surface area contributed by atoms with Gasteiger partial charge >= 0.3 is 17.9 Å². The third-order valence-electron chi connectivity index (χ3n) is 12.7. The van der Waals surface area contributed by atoms with Crippen LogP contribution in [0, 0.1) is 0 Å². The second-order valence-electron chi connectivity index (χ2n) is 19.6. The molecular formula is C64H110O6. The lowest BCUT2D eigenvalue weighted by atomic mass is 10.1. The maximum absolute atomic E-state index is 12.9. The molecule has 402 valence electrons. The van der Waals surface area contributed by atoms with Crippen LogP contribution in [0.4, 0.5) is 0 Å². The first kappa shape index (κ1) is 66.6. The van der Waals surface area contributed by atoms with Gasteiger partial charge in [-0.2, -0.15) is 0 Å². The third-order valence-corrected chi connectivity index (χ3v) is 12.7. The Kier molecular flexibility index (Phi) is 55.3. The topological polar surface area (TPSA) is 78.9 Å². The Hall–Kier alpha value is -3.41. The Labute approximate surface area is 433 Å². The number of carbonyl (C=O) groups is 3. The van der Waals surface area contributed by atoms with Gasteiger partial charge < -0.3 is 14.2 Å². The van der Waals surface area contributed by atoms with Gasteiger partial charge in [0.25, 0.3) is 0 Å². The van der Waals surface area contributed by atoms with Gasteiger partial charge in [-0.25, -0.2) is 0 Å². The molecule has 1 unspecified atom stereocenters. The van der Waals surface area contributed by atoms with Crippen molar-refractivity contribution in [1.82, 2.24) is 0 Å². The monoisotopic (exact) mass is 975 g/mol. The van der Waals surface area contributed by atoms with Gasteiger partial charge in [0.05, 0.1) is 0 Å². The van der Waals surface area contributed by atoms with Gasteiger partial charge in [0.2, 0.25) is 0 Å². The highest BCUT2D eigenvalue weighted by Gasteiger charge is 2.19. The maximum Gasteiger partial charge on any atom is 0.306 e. The number of esters is 3. The lowest BCUT2D eigenvalue weighted by molar-refractivity contribution is -0.167. The fraction of sp³-hybridized carbons (Fsp3) is 0.734. The second kappa shape index (κ2) is 58.2. The van der Waals surface area contributed by atoms with Crippen LogP contribution in [0.15, 0.2) is 85.1 Å². The van der Waals surface area contributed by atoms with Crippen LogP contribution in [-0.2, 0) is 28.6 Å². The van der Waals surface area contributed by atoms with Crippen molar-refractivity contribution in [2.45, 2.75) is 290 Å². The highest BCUT2D eigenvalue weighted by molar-refractivity contribution is 5.71. The molecule has 0 aromatic carbocycles. The molecule has 0 N–H and O–H groups in total. The lowest BCUT2D eigenvalue weighted by Gasteiger charge is -2.18. The van der Waals surface area contributed by atoms with Gasteiger partial charge in [-0.3, -0.25) is 14.4 Å². The van der Waals surface area contributed by atoms with Crippen molar-refractivity contribution in [1.29, 1.82) is 0 Å². The van der Waals surface area contributed by atoms with E-state index < -0.39 is 6.10 Å². The second-order valence-corrected chi connectivity index (χ2v) is 19.6. The molecule has 0 heterocycles. The van der Waals surface area contributed by atoms with Crippen LogP contribution < -0.4 is 0 Å². The first-order valence-corrected chi connectivity index (χ1v) is 29.6. The van der Waals surface area contributed by atoms with E-state index in [1.54, 1.807) is 0 Å². The number of ether oxygens (including phenoxy) is 3. The molecule has 0 radical (unpaired) electrons. The molecular weight excluding hydrogens is 865 g/mol. The molecule has 0 bridgehead atoms. The number of carbonyl (C=O) groups excluding carboxylic acids is 3. The van der Waals surface area contributed by atoms with E-state index in [0.717, 1.165) is 122 Å². The molecule has 0 aliphatic rings. The molecule has 0 saturated carbocycles. The Bertz CT molecular complexity index is 1350. The summed E-state index contributed by atoms with van der Waals surface area (Å²) in [6.45, 7) is 6.50. The summed E-state index contributed by atoms with van der Waals surface area (Å²) in [6.07, 6.45) is 75.7. The van der Waals surface area contributed by atoms with Crippen LogP contribution in [0.25, 0.3) is 0 Å². The molecule has 0 amide bonds. The normalized spacial score (nSPS) is 12.7. The molecule has 70 heavy (non-hydrogen) atoms. The van der Waals surface area contributed by atoms with Crippen molar-refractivity contribution in [3.63, 3.8) is 0 Å². The van der Waals surface area contributed by atoms with E-state index in [1.807, 2.05) is 0 Å². The molecule has 0 aromatic rings. The summed E-state index contributed by atoms with van der Waals surface area (Å²) >= 11 is 0. The zero-order valence-electron chi connectivity index (χ0n) is 46.0. The van der Waals surface area contributed by atoms with E-state index in [-0.39, 0.29) is 31.1 Å². The van der Waals surface area contributed by atoms with Gasteiger partial charge in [-0.05, 0) is 103 Å². The summed E-state index contributed by atoms with van der Waals surface area (Å²) in [4.78, 5) is 38.2. The predicted molar refractivity (Wildman–Crippen MR) is 302 cm³/mol. The number of unbranched alkanes of at least 4 members (excludes halogenated alkanes) is 30. The minimum atomic E-state index is -0.798. The van der Waals surface area contributed by atoms with E-state index >= 15 is 0 Å². The van der Waals surface area contributed by atoms with Gasteiger partial charge in [-0.15, -0.1) is 0 Å². The SMILES string of the molecule is CC/C=C\C/C=C\C/C=C\CCCCCCCCC(=O)OCC(COC(=O)CCCCCCC/C=C\C=C/CCCCCCCCC)OC(=O)CCCCCCC/C=C\C=C/CCCCCCCCC. The van der Waals surface area contributed by atoms with Gasteiger partial charge in [-0.1, -0.05) is 247 Å². The van der Waals surface area contributed by atoms with E-state index in [2.05, 4.69) is 106 Å². The standard InChI is InChI=1S/C64H110O6/c1-4-7-10-13-16-19-22-25-28-31-33-36-39-42-45-48-51-54-57-63(66)69-60-61(59-68-62(65)56-53-50-47-44-41-38-35-30-27-24-21-18-15-12-9-6-3)70-64(67)58-55-52-49-46-43-40-37-34-32-29-26-23-20-17-14-11-8-5-2/h9,12,18,21,27-34,36-37,61H,4-8,10-11,13-17,19-20,22-26,35,38-60H2,1-3H3/b12-9-,21-18-,30-27-,31-28-,32-29-,36-33-,37-34-. The van der Waals surface area contributed by atoms with Crippen molar-refractivity contribution >= 4 is 17.9 Å². The van der Waals surface area contributed by atoms with Crippen LogP contribution in [0.5, 0.6) is 0 Å². The Morgan fingerprint density at radius 3 is 0.957 bits per heavy atom. The van der Waals surface area contributed by atoms with Crippen LogP contribution in [0.1, 0.15) is 284 Å². The first-order chi connectivity index (χ1) is 34.5. The van der Waals surface area contributed by atoms with Crippen LogP contribution in [-0.4, -0.2) is 37.2 Å². The fourth-order valence-electron chi connectivity index (χ4n) is 8.20. The van der Waals surface area contributed by atoms with Crippen molar-refractivity contribution in [3.05, 3.63) is 85.1 Å². The van der Waals surface area contributed by atoms with Crippen LogP contribution >= 0.6 is 0 Å². The minimum absolute atomic E-state index is 0.0949. The summed E-state index contributed by atoms with van der Waals surface area (Å²) in [7, 11) is 0. The number of hydrogen-bond acceptors (Lipinski definition) is 6. The summed E-state index contributed by atoms with van der Waals surface area (Å²) in [5.74, 6) is -0.930. The quantitative estimate of drug-likeness (QED) is 0.0199.